The Labute approximate surface area is 233 Å². The van der Waals surface area contributed by atoms with Gasteiger partial charge in [-0.2, -0.15) is 0 Å². The molecular formula is C28H35ClN4O4S. The molecule has 0 unspecified atom stereocenters. The summed E-state index contributed by atoms with van der Waals surface area (Å²) in [5, 5.41) is 3.20. The average molecular weight is 559 g/mol. The highest BCUT2D eigenvalue weighted by atomic mass is 35.5. The van der Waals surface area contributed by atoms with E-state index in [-0.39, 0.29) is 30.1 Å². The molecule has 3 heterocycles. The van der Waals surface area contributed by atoms with Gasteiger partial charge >= 0.3 is 5.97 Å². The van der Waals surface area contributed by atoms with E-state index in [1.807, 2.05) is 55.3 Å². The van der Waals surface area contributed by atoms with Gasteiger partial charge < -0.3 is 19.4 Å². The minimum Gasteiger partial charge on any atom is -0.466 e. The van der Waals surface area contributed by atoms with Crippen molar-refractivity contribution in [3.63, 3.8) is 0 Å². The lowest BCUT2D eigenvalue weighted by atomic mass is 9.92. The predicted octanol–water partition coefficient (Wildman–Crippen LogP) is 4.98. The molecule has 38 heavy (non-hydrogen) atoms. The number of halogens is 1. The molecule has 1 aromatic rings. The van der Waals surface area contributed by atoms with Gasteiger partial charge in [-0.15, -0.1) is 0 Å². The number of carbonyl (C=O) groups is 3. The van der Waals surface area contributed by atoms with Crippen LogP contribution in [0.15, 0.2) is 51.6 Å². The van der Waals surface area contributed by atoms with E-state index in [1.54, 1.807) is 16.7 Å². The predicted molar refractivity (Wildman–Crippen MR) is 150 cm³/mol. The van der Waals surface area contributed by atoms with Crippen LogP contribution in [0, 0.1) is 5.92 Å². The zero-order valence-electron chi connectivity index (χ0n) is 22.4. The van der Waals surface area contributed by atoms with Gasteiger partial charge in [-0.1, -0.05) is 41.6 Å². The maximum atomic E-state index is 13.8. The number of allylic oxidation sites excluding steroid dienone is 1. The average Bonchev–Trinajstić information content (AvgIpc) is 3.30. The third kappa shape index (κ3) is 5.64. The molecule has 4 rings (SSSR count). The van der Waals surface area contributed by atoms with E-state index in [0.29, 0.717) is 49.1 Å². The minimum absolute atomic E-state index is 0.0621. The number of hydrogen-bond donors (Lipinski definition) is 0. The Hall–Kier alpha value is -2.78. The number of thioether (sulfide) groups is 1. The molecule has 2 amide bonds. The van der Waals surface area contributed by atoms with Crippen LogP contribution < -0.4 is 0 Å². The van der Waals surface area contributed by atoms with Crippen LogP contribution in [0.4, 0.5) is 0 Å². The Morgan fingerprint density at radius 3 is 2.61 bits per heavy atom. The first kappa shape index (κ1) is 28.2. The largest absolute Gasteiger partial charge is 0.466 e. The van der Waals surface area contributed by atoms with Gasteiger partial charge in [-0.3, -0.25) is 14.4 Å². The van der Waals surface area contributed by atoms with Crippen LogP contribution in [0.1, 0.15) is 58.6 Å². The van der Waals surface area contributed by atoms with Crippen LogP contribution in [0.3, 0.4) is 0 Å². The fourth-order valence-corrected chi connectivity index (χ4v) is 6.44. The first-order valence-corrected chi connectivity index (χ1v) is 14.5. The number of aliphatic imine (C=N–C) groups is 1. The number of likely N-dealkylation sites (N-methyl/N-ethyl adjacent to an activating group) is 1. The monoisotopic (exact) mass is 558 g/mol. The lowest BCUT2D eigenvalue weighted by Gasteiger charge is -2.39. The van der Waals surface area contributed by atoms with Gasteiger partial charge in [-0.25, -0.2) is 4.99 Å². The molecule has 0 bridgehead atoms. The van der Waals surface area contributed by atoms with Crippen molar-refractivity contribution in [3.8, 4) is 0 Å². The van der Waals surface area contributed by atoms with Crippen molar-refractivity contribution in [1.29, 1.82) is 0 Å². The van der Waals surface area contributed by atoms with Crippen LogP contribution in [0.25, 0.3) is 0 Å². The number of likely N-dealkylation sites (tertiary alicyclic amines) is 1. The summed E-state index contributed by atoms with van der Waals surface area (Å²) < 4.78 is 5.20. The van der Waals surface area contributed by atoms with Gasteiger partial charge in [0.2, 0.25) is 5.91 Å². The number of hydrogen-bond acceptors (Lipinski definition) is 7. The fourth-order valence-electron chi connectivity index (χ4n) is 5.24. The van der Waals surface area contributed by atoms with E-state index in [4.69, 9.17) is 21.3 Å². The molecule has 1 saturated heterocycles. The number of benzene rings is 1. The lowest BCUT2D eigenvalue weighted by Crippen LogP contribution is -2.44. The van der Waals surface area contributed by atoms with E-state index < -0.39 is 6.04 Å². The number of nitrogens with zero attached hydrogens (tertiary/aromatic N) is 4. The van der Waals surface area contributed by atoms with E-state index in [2.05, 4.69) is 0 Å². The van der Waals surface area contributed by atoms with Gasteiger partial charge in [-0.05, 0) is 57.6 Å². The van der Waals surface area contributed by atoms with E-state index in [0.717, 1.165) is 29.3 Å². The normalized spacial score (nSPS) is 21.1. The highest BCUT2D eigenvalue weighted by molar-refractivity contribution is 8.16. The number of piperidine rings is 1. The van der Waals surface area contributed by atoms with E-state index in [1.165, 1.54) is 11.8 Å². The molecule has 8 nitrogen and oxygen atoms in total. The molecule has 2 atom stereocenters. The summed E-state index contributed by atoms with van der Waals surface area (Å²) in [5.41, 5.74) is 2.77. The molecule has 10 heteroatoms. The summed E-state index contributed by atoms with van der Waals surface area (Å²) in [4.78, 5) is 49.9. The zero-order chi connectivity index (χ0) is 27.4. The third-order valence-electron chi connectivity index (χ3n) is 7.21. The minimum atomic E-state index is -0.507. The summed E-state index contributed by atoms with van der Waals surface area (Å²) >= 11 is 8.14. The Balaban J connectivity index is 1.64. The quantitative estimate of drug-likeness (QED) is 0.419. The van der Waals surface area contributed by atoms with Gasteiger partial charge in [0, 0.05) is 36.9 Å². The Morgan fingerprint density at radius 1 is 1.18 bits per heavy atom. The topological polar surface area (TPSA) is 82.5 Å². The molecule has 0 saturated carbocycles. The number of amides is 2. The molecular weight excluding hydrogens is 524 g/mol. The van der Waals surface area contributed by atoms with Crippen molar-refractivity contribution >= 4 is 46.3 Å². The van der Waals surface area contributed by atoms with Gasteiger partial charge in [0.25, 0.3) is 5.91 Å². The number of rotatable bonds is 8. The van der Waals surface area contributed by atoms with Crippen LogP contribution in [-0.2, 0) is 19.1 Å². The van der Waals surface area contributed by atoms with Crippen LogP contribution >= 0.6 is 23.4 Å². The first-order valence-electron chi connectivity index (χ1n) is 13.2. The zero-order valence-corrected chi connectivity index (χ0v) is 24.0. The second kappa shape index (κ2) is 12.4. The molecule has 0 spiro atoms. The van der Waals surface area contributed by atoms with E-state index >= 15 is 0 Å². The number of fused-ring (bicyclic) bond motifs is 1. The van der Waals surface area contributed by atoms with Gasteiger partial charge in [0.15, 0.2) is 5.17 Å². The van der Waals surface area contributed by atoms with Crippen molar-refractivity contribution in [3.05, 3.63) is 57.2 Å². The SMILES string of the molecule is CCOC(=O)[C@@H]1CCCN(C(=O)CC2=CSC3=NC(C)=C(C(=O)N(CC)CC)[C@H](c4ccccc4Cl)N23)C1. The van der Waals surface area contributed by atoms with Crippen LogP contribution in [0.5, 0.6) is 0 Å². The smallest absolute Gasteiger partial charge is 0.310 e. The molecule has 1 fully saturated rings. The highest BCUT2D eigenvalue weighted by Crippen LogP contribution is 2.46. The van der Waals surface area contributed by atoms with Gasteiger partial charge in [0.05, 0.1) is 36.3 Å². The van der Waals surface area contributed by atoms with E-state index in [9.17, 15) is 14.4 Å². The standard InChI is InChI=1S/C28H35ClN4O4S/c1-5-31(6-2)26(35)24-18(4)30-28-33(25(24)21-12-8-9-13-22(21)29)20(17-38-28)15-23(34)32-14-10-11-19(16-32)27(36)37-7-3/h8-9,12-13,17,19,25H,5-7,10-11,14-16H2,1-4H3/t19-,25+/m1/s1. The van der Waals surface area contributed by atoms with Crippen LogP contribution in [-0.4, -0.2) is 70.4 Å². The second-order valence-corrected chi connectivity index (χ2v) is 10.7. The highest BCUT2D eigenvalue weighted by Gasteiger charge is 2.42. The Kier molecular flexibility index (Phi) is 9.20. The van der Waals surface area contributed by atoms with Crippen molar-refractivity contribution < 1.29 is 19.1 Å². The first-order chi connectivity index (χ1) is 18.3. The maximum absolute atomic E-state index is 13.8. The third-order valence-corrected chi connectivity index (χ3v) is 8.44. The molecule has 204 valence electrons. The molecule has 0 aromatic heterocycles. The van der Waals surface area contributed by atoms with Crippen LogP contribution in [0.2, 0.25) is 5.02 Å². The number of ether oxygens (including phenoxy) is 1. The van der Waals surface area contributed by atoms with Crippen molar-refractivity contribution in [1.82, 2.24) is 14.7 Å². The van der Waals surface area contributed by atoms with Crippen molar-refractivity contribution in [2.75, 3.05) is 32.8 Å². The molecule has 3 aliphatic rings. The summed E-state index contributed by atoms with van der Waals surface area (Å²) in [6, 6.07) is 7.00. The summed E-state index contributed by atoms with van der Waals surface area (Å²) in [6.45, 7) is 10.00. The Bertz CT molecular complexity index is 1190. The number of esters is 1. The molecule has 1 aromatic carbocycles. The summed E-state index contributed by atoms with van der Waals surface area (Å²) in [5.74, 6) is -0.694. The molecule has 0 N–H and O–H groups in total. The maximum Gasteiger partial charge on any atom is 0.310 e. The summed E-state index contributed by atoms with van der Waals surface area (Å²) in [7, 11) is 0. The number of carbonyl (C=O) groups excluding carboxylic acids is 3. The van der Waals surface area contributed by atoms with Crippen molar-refractivity contribution in [2.24, 2.45) is 10.9 Å². The fraction of sp³-hybridized carbons (Fsp3) is 0.500. The Morgan fingerprint density at radius 2 is 1.92 bits per heavy atom. The lowest BCUT2D eigenvalue weighted by molar-refractivity contribution is -0.151. The summed E-state index contributed by atoms with van der Waals surface area (Å²) in [6.07, 6.45) is 1.61. The second-order valence-electron chi connectivity index (χ2n) is 9.50. The van der Waals surface area contributed by atoms with Crippen molar-refractivity contribution in [2.45, 2.75) is 53.0 Å². The van der Waals surface area contributed by atoms with Gasteiger partial charge in [0.1, 0.15) is 0 Å². The molecule has 0 aliphatic carbocycles. The molecule has 0 radical (unpaired) electrons. The number of amidine groups is 1. The molecule has 3 aliphatic heterocycles.